The number of benzene rings is 1. The summed E-state index contributed by atoms with van der Waals surface area (Å²) >= 11 is 1.72. The van der Waals surface area contributed by atoms with E-state index < -0.39 is 0 Å². The third kappa shape index (κ3) is 2.29. The van der Waals surface area contributed by atoms with Gasteiger partial charge in [-0.1, -0.05) is 6.92 Å². The van der Waals surface area contributed by atoms with E-state index in [1.54, 1.807) is 11.3 Å². The van der Waals surface area contributed by atoms with Gasteiger partial charge < -0.3 is 10.6 Å². The first-order valence-corrected chi connectivity index (χ1v) is 7.94. The maximum absolute atomic E-state index is 6.28. The molecule has 1 aliphatic heterocycles. The van der Waals surface area contributed by atoms with Crippen LogP contribution < -0.4 is 10.6 Å². The largest absolute Gasteiger partial charge is 0.397 e. The van der Waals surface area contributed by atoms with Gasteiger partial charge in [0.05, 0.1) is 26.6 Å². The minimum atomic E-state index is 0.633. The smallest absolute Gasteiger partial charge is 0.0907 e. The standard InChI is InChI=1S/C15H21N3S/c1-3-11-6-4-5-7-18(11)14-9-13-15(8-12(14)16)19-10(2)17-13/h8-9,11H,3-7,16H2,1-2H3. The van der Waals surface area contributed by atoms with Crippen LogP contribution in [0.3, 0.4) is 0 Å². The van der Waals surface area contributed by atoms with Gasteiger partial charge in [-0.15, -0.1) is 11.3 Å². The highest BCUT2D eigenvalue weighted by molar-refractivity contribution is 7.18. The average Bonchev–Trinajstić information content (AvgIpc) is 2.77. The van der Waals surface area contributed by atoms with Gasteiger partial charge in [-0.05, 0) is 44.7 Å². The highest BCUT2D eigenvalue weighted by Crippen LogP contribution is 2.35. The van der Waals surface area contributed by atoms with Crippen LogP contribution in [0.2, 0.25) is 0 Å². The number of fused-ring (bicyclic) bond motifs is 1. The van der Waals surface area contributed by atoms with Crippen molar-refractivity contribution < 1.29 is 0 Å². The van der Waals surface area contributed by atoms with Crippen molar-refractivity contribution in [2.45, 2.75) is 45.6 Å². The van der Waals surface area contributed by atoms with Crippen molar-refractivity contribution >= 4 is 32.9 Å². The zero-order chi connectivity index (χ0) is 13.4. The lowest BCUT2D eigenvalue weighted by atomic mass is 9.99. The van der Waals surface area contributed by atoms with E-state index in [1.807, 2.05) is 0 Å². The zero-order valence-electron chi connectivity index (χ0n) is 11.6. The van der Waals surface area contributed by atoms with Crippen LogP contribution >= 0.6 is 11.3 Å². The first-order valence-electron chi connectivity index (χ1n) is 7.12. The molecule has 2 aromatic rings. The van der Waals surface area contributed by atoms with Crippen LogP contribution in [0, 0.1) is 6.92 Å². The van der Waals surface area contributed by atoms with E-state index in [0.717, 1.165) is 22.8 Å². The number of hydrogen-bond acceptors (Lipinski definition) is 4. The molecule has 3 rings (SSSR count). The number of aromatic nitrogens is 1. The van der Waals surface area contributed by atoms with E-state index in [-0.39, 0.29) is 0 Å². The molecule has 0 bridgehead atoms. The molecule has 2 heterocycles. The molecule has 1 aromatic carbocycles. The second-order valence-corrected chi connectivity index (χ2v) is 6.60. The maximum atomic E-state index is 6.28. The Balaban J connectivity index is 2.04. The summed E-state index contributed by atoms with van der Waals surface area (Å²) in [5.41, 5.74) is 9.45. The minimum Gasteiger partial charge on any atom is -0.397 e. The highest BCUT2D eigenvalue weighted by Gasteiger charge is 2.23. The van der Waals surface area contributed by atoms with E-state index in [9.17, 15) is 0 Å². The number of hydrogen-bond donors (Lipinski definition) is 1. The number of anilines is 2. The SMILES string of the molecule is CCC1CCCCN1c1cc2nc(C)sc2cc1N. The van der Waals surface area contributed by atoms with E-state index in [1.165, 1.54) is 36.1 Å². The zero-order valence-corrected chi connectivity index (χ0v) is 12.5. The van der Waals surface area contributed by atoms with E-state index in [4.69, 9.17) is 5.73 Å². The molecule has 0 radical (unpaired) electrons. The molecule has 2 N–H and O–H groups in total. The van der Waals surface area contributed by atoms with Gasteiger partial charge in [-0.3, -0.25) is 0 Å². The Morgan fingerprint density at radius 3 is 3.05 bits per heavy atom. The molecule has 0 spiro atoms. The Morgan fingerprint density at radius 2 is 2.26 bits per heavy atom. The summed E-state index contributed by atoms with van der Waals surface area (Å²) in [7, 11) is 0. The number of nitrogens with zero attached hydrogens (tertiary/aromatic N) is 2. The fraction of sp³-hybridized carbons (Fsp3) is 0.533. The summed E-state index contributed by atoms with van der Waals surface area (Å²) in [6.45, 7) is 5.44. The topological polar surface area (TPSA) is 42.2 Å². The fourth-order valence-electron chi connectivity index (χ4n) is 3.08. The second kappa shape index (κ2) is 5.00. The van der Waals surface area contributed by atoms with Gasteiger partial charge in [0.15, 0.2) is 0 Å². The summed E-state index contributed by atoms with van der Waals surface area (Å²) in [5.74, 6) is 0. The first-order chi connectivity index (χ1) is 9.19. The minimum absolute atomic E-state index is 0.633. The Bertz CT molecular complexity index is 590. The summed E-state index contributed by atoms with van der Waals surface area (Å²) < 4.78 is 1.20. The summed E-state index contributed by atoms with van der Waals surface area (Å²) in [4.78, 5) is 7.09. The van der Waals surface area contributed by atoms with Gasteiger partial charge in [0.2, 0.25) is 0 Å². The van der Waals surface area contributed by atoms with Crippen LogP contribution in [0.1, 0.15) is 37.6 Å². The Hall–Kier alpha value is -1.29. The van der Waals surface area contributed by atoms with Gasteiger partial charge >= 0.3 is 0 Å². The van der Waals surface area contributed by atoms with Crippen molar-refractivity contribution in [2.75, 3.05) is 17.2 Å². The van der Waals surface area contributed by atoms with Crippen molar-refractivity contribution in [2.24, 2.45) is 0 Å². The quantitative estimate of drug-likeness (QED) is 0.844. The molecule has 4 heteroatoms. The molecule has 3 nitrogen and oxygen atoms in total. The van der Waals surface area contributed by atoms with Crippen molar-refractivity contribution in [1.82, 2.24) is 4.98 Å². The van der Waals surface area contributed by atoms with E-state index >= 15 is 0 Å². The lowest BCUT2D eigenvalue weighted by Crippen LogP contribution is -2.39. The van der Waals surface area contributed by atoms with Gasteiger partial charge in [-0.25, -0.2) is 4.98 Å². The lowest BCUT2D eigenvalue weighted by Gasteiger charge is -2.37. The average molecular weight is 275 g/mol. The Kier molecular flexibility index (Phi) is 3.35. The van der Waals surface area contributed by atoms with Gasteiger partial charge in [0.25, 0.3) is 0 Å². The van der Waals surface area contributed by atoms with Crippen molar-refractivity contribution in [3.8, 4) is 0 Å². The number of piperidine rings is 1. The molecule has 1 unspecified atom stereocenters. The number of aryl methyl sites for hydroxylation is 1. The third-order valence-electron chi connectivity index (χ3n) is 4.05. The number of rotatable bonds is 2. The monoisotopic (exact) mass is 275 g/mol. The maximum Gasteiger partial charge on any atom is 0.0907 e. The third-order valence-corrected chi connectivity index (χ3v) is 4.99. The fourth-order valence-corrected chi connectivity index (χ4v) is 3.94. The second-order valence-electron chi connectivity index (χ2n) is 5.36. The normalized spacial score (nSPS) is 20.1. The number of thiazole rings is 1. The van der Waals surface area contributed by atoms with Crippen molar-refractivity contribution in [3.05, 3.63) is 17.1 Å². The molecular weight excluding hydrogens is 254 g/mol. The molecule has 1 atom stereocenters. The Labute approximate surface area is 118 Å². The summed E-state index contributed by atoms with van der Waals surface area (Å²) in [6, 6.07) is 4.91. The van der Waals surface area contributed by atoms with Gasteiger partial charge in [-0.2, -0.15) is 0 Å². The van der Waals surface area contributed by atoms with Crippen molar-refractivity contribution in [3.63, 3.8) is 0 Å². The first kappa shape index (κ1) is 12.7. The molecular formula is C15H21N3S. The van der Waals surface area contributed by atoms with Crippen LogP contribution in [0.15, 0.2) is 12.1 Å². The molecule has 19 heavy (non-hydrogen) atoms. The van der Waals surface area contributed by atoms with Crippen LogP contribution in [0.25, 0.3) is 10.2 Å². The van der Waals surface area contributed by atoms with Crippen LogP contribution in [-0.4, -0.2) is 17.6 Å². The molecule has 0 aliphatic carbocycles. The van der Waals surface area contributed by atoms with Gasteiger partial charge in [0, 0.05) is 12.6 Å². The molecule has 1 aliphatic rings. The van der Waals surface area contributed by atoms with E-state index in [2.05, 4.69) is 35.9 Å². The molecule has 1 saturated heterocycles. The number of nitrogen functional groups attached to an aromatic ring is 1. The van der Waals surface area contributed by atoms with Crippen molar-refractivity contribution in [1.29, 1.82) is 0 Å². The van der Waals surface area contributed by atoms with Crippen LogP contribution in [0.4, 0.5) is 11.4 Å². The lowest BCUT2D eigenvalue weighted by molar-refractivity contribution is 0.450. The van der Waals surface area contributed by atoms with Gasteiger partial charge in [0.1, 0.15) is 0 Å². The molecule has 102 valence electrons. The van der Waals surface area contributed by atoms with Crippen LogP contribution in [0.5, 0.6) is 0 Å². The summed E-state index contributed by atoms with van der Waals surface area (Å²) in [5, 5.41) is 1.11. The van der Waals surface area contributed by atoms with E-state index in [0.29, 0.717) is 6.04 Å². The Morgan fingerprint density at radius 1 is 1.42 bits per heavy atom. The molecule has 0 saturated carbocycles. The predicted molar refractivity (Wildman–Crippen MR) is 84.0 cm³/mol. The highest BCUT2D eigenvalue weighted by atomic mass is 32.1. The predicted octanol–water partition coefficient (Wildman–Crippen LogP) is 3.96. The molecule has 1 fully saturated rings. The molecule has 0 amide bonds. The number of nitrogens with two attached hydrogens (primary N) is 1. The molecule has 1 aromatic heterocycles. The van der Waals surface area contributed by atoms with Crippen LogP contribution in [-0.2, 0) is 0 Å². The summed E-state index contributed by atoms with van der Waals surface area (Å²) in [6.07, 6.45) is 5.08.